The van der Waals surface area contributed by atoms with Crippen LogP contribution in [-0.2, 0) is 6.61 Å². The number of hydrogen-bond donors (Lipinski definition) is 2. The fourth-order valence-corrected chi connectivity index (χ4v) is 2.02. The molecule has 0 bridgehead atoms. The van der Waals surface area contributed by atoms with E-state index in [0.717, 1.165) is 12.8 Å². The van der Waals surface area contributed by atoms with Crippen LogP contribution in [0.2, 0.25) is 0 Å². The maximum Gasteiger partial charge on any atom is 0.108 e. The van der Waals surface area contributed by atoms with Crippen LogP contribution >= 0.6 is 24.8 Å². The zero-order valence-electron chi connectivity index (χ0n) is 8.95. The molecule has 0 aromatic carbocycles. The molecule has 0 aliphatic heterocycles. The zero-order chi connectivity index (χ0) is 9.97. The largest absolute Gasteiger partial charge is 0.390 e. The third-order valence-corrected chi connectivity index (χ3v) is 2.84. The van der Waals surface area contributed by atoms with Crippen molar-refractivity contribution in [2.45, 2.75) is 44.4 Å². The summed E-state index contributed by atoms with van der Waals surface area (Å²) in [5.41, 5.74) is 6.62. The summed E-state index contributed by atoms with van der Waals surface area (Å²) < 4.78 is 1.80. The lowest BCUT2D eigenvalue weighted by atomic mass is 9.91. The van der Waals surface area contributed by atoms with Gasteiger partial charge in [0, 0.05) is 6.04 Å². The average Bonchev–Trinajstić information content (AvgIpc) is 2.67. The normalized spacial score (nSPS) is 24.4. The molecule has 1 saturated carbocycles. The lowest BCUT2D eigenvalue weighted by Crippen LogP contribution is -2.35. The van der Waals surface area contributed by atoms with Crippen LogP contribution in [0.15, 0.2) is 6.20 Å². The van der Waals surface area contributed by atoms with Gasteiger partial charge in [-0.15, -0.1) is 29.9 Å². The third-order valence-electron chi connectivity index (χ3n) is 2.84. The van der Waals surface area contributed by atoms with E-state index in [4.69, 9.17) is 10.8 Å². The van der Waals surface area contributed by atoms with Crippen molar-refractivity contribution in [3.63, 3.8) is 0 Å². The van der Waals surface area contributed by atoms with E-state index >= 15 is 0 Å². The molecule has 1 aliphatic carbocycles. The molecule has 1 aliphatic rings. The number of halogens is 2. The van der Waals surface area contributed by atoms with Crippen molar-refractivity contribution in [1.29, 1.82) is 0 Å². The van der Waals surface area contributed by atoms with Crippen LogP contribution < -0.4 is 5.73 Å². The van der Waals surface area contributed by atoms with Crippen LogP contribution in [0.5, 0.6) is 0 Å². The molecule has 94 valence electrons. The molecular weight excluding hydrogens is 251 g/mol. The zero-order valence-corrected chi connectivity index (χ0v) is 10.6. The Morgan fingerprint density at radius 3 is 2.62 bits per heavy atom. The minimum atomic E-state index is -0.0536. The number of hydrogen-bond acceptors (Lipinski definition) is 4. The highest BCUT2D eigenvalue weighted by atomic mass is 35.5. The van der Waals surface area contributed by atoms with Crippen molar-refractivity contribution in [3.05, 3.63) is 11.9 Å². The number of nitrogens with zero attached hydrogens (tertiary/aromatic N) is 3. The van der Waals surface area contributed by atoms with E-state index in [9.17, 15) is 0 Å². The first kappa shape index (κ1) is 15.6. The quantitative estimate of drug-likeness (QED) is 0.841. The molecule has 7 heteroatoms. The predicted octanol–water partition coefficient (Wildman–Crippen LogP) is 1.06. The summed E-state index contributed by atoms with van der Waals surface area (Å²) in [7, 11) is 0. The molecule has 2 rings (SSSR count). The Kier molecular flexibility index (Phi) is 6.90. The molecule has 0 amide bonds. The summed E-state index contributed by atoms with van der Waals surface area (Å²) in [6.07, 6.45) is 6.32. The van der Waals surface area contributed by atoms with Crippen LogP contribution in [0.25, 0.3) is 0 Å². The first-order valence-electron chi connectivity index (χ1n) is 5.08. The van der Waals surface area contributed by atoms with Crippen LogP contribution in [0.4, 0.5) is 0 Å². The molecule has 3 N–H and O–H groups in total. The molecule has 1 aromatic rings. The van der Waals surface area contributed by atoms with Gasteiger partial charge in [-0.2, -0.15) is 0 Å². The summed E-state index contributed by atoms with van der Waals surface area (Å²) in [5, 5.41) is 16.7. The Morgan fingerprint density at radius 2 is 2.06 bits per heavy atom. The summed E-state index contributed by atoms with van der Waals surface area (Å²) in [6.45, 7) is -0.0536. The highest BCUT2D eigenvalue weighted by Gasteiger charge is 2.24. The Bertz CT molecular complexity index is 307. The second kappa shape index (κ2) is 7.06. The van der Waals surface area contributed by atoms with E-state index in [0.29, 0.717) is 5.69 Å². The van der Waals surface area contributed by atoms with Gasteiger partial charge < -0.3 is 10.8 Å². The Labute approximate surface area is 107 Å². The van der Waals surface area contributed by atoms with Gasteiger partial charge in [-0.3, -0.25) is 0 Å². The fraction of sp³-hybridized carbons (Fsp3) is 0.778. The van der Waals surface area contributed by atoms with Crippen LogP contribution in [0.3, 0.4) is 0 Å². The molecule has 0 spiro atoms. The Hall–Kier alpha value is -0.360. The molecule has 0 saturated heterocycles. The van der Waals surface area contributed by atoms with E-state index < -0.39 is 0 Å². The molecule has 1 heterocycles. The first-order valence-corrected chi connectivity index (χ1v) is 5.08. The van der Waals surface area contributed by atoms with Gasteiger partial charge in [0.1, 0.15) is 5.69 Å². The SMILES string of the molecule is Cl.Cl.N[C@@H]1CCCC[C@@H]1n1cc(CO)nn1. The molecule has 16 heavy (non-hydrogen) atoms. The highest BCUT2D eigenvalue weighted by Crippen LogP contribution is 2.26. The van der Waals surface area contributed by atoms with Crippen molar-refractivity contribution in [3.8, 4) is 0 Å². The number of aliphatic hydroxyl groups excluding tert-OH is 1. The lowest BCUT2D eigenvalue weighted by Gasteiger charge is -2.28. The Morgan fingerprint density at radius 1 is 1.38 bits per heavy atom. The van der Waals surface area contributed by atoms with E-state index in [2.05, 4.69) is 10.3 Å². The number of aromatic nitrogens is 3. The topological polar surface area (TPSA) is 77.0 Å². The molecular formula is C9H18Cl2N4O. The molecule has 5 nitrogen and oxygen atoms in total. The second-order valence-corrected chi connectivity index (χ2v) is 3.86. The minimum Gasteiger partial charge on any atom is -0.390 e. The lowest BCUT2D eigenvalue weighted by molar-refractivity contribution is 0.275. The van der Waals surface area contributed by atoms with Crippen molar-refractivity contribution in [1.82, 2.24) is 15.0 Å². The van der Waals surface area contributed by atoms with Gasteiger partial charge >= 0.3 is 0 Å². The average molecular weight is 269 g/mol. The van der Waals surface area contributed by atoms with Gasteiger partial charge in [-0.1, -0.05) is 18.1 Å². The maximum atomic E-state index is 8.87. The van der Waals surface area contributed by atoms with Crippen molar-refractivity contribution >= 4 is 24.8 Å². The van der Waals surface area contributed by atoms with Gasteiger partial charge in [0.05, 0.1) is 18.8 Å². The number of aliphatic hydroxyl groups is 1. The Balaban J connectivity index is 0.00000112. The number of nitrogens with two attached hydrogens (primary N) is 1. The van der Waals surface area contributed by atoms with Gasteiger partial charge in [0.15, 0.2) is 0 Å². The van der Waals surface area contributed by atoms with Crippen LogP contribution in [-0.4, -0.2) is 26.1 Å². The predicted molar refractivity (Wildman–Crippen MR) is 65.9 cm³/mol. The van der Waals surface area contributed by atoms with E-state index in [1.165, 1.54) is 12.8 Å². The number of rotatable bonds is 2. The minimum absolute atomic E-state index is 0. The van der Waals surface area contributed by atoms with E-state index in [-0.39, 0.29) is 43.5 Å². The van der Waals surface area contributed by atoms with E-state index in [1.54, 1.807) is 10.9 Å². The van der Waals surface area contributed by atoms with E-state index in [1.807, 2.05) is 0 Å². The maximum absolute atomic E-state index is 8.87. The molecule has 1 aromatic heterocycles. The van der Waals surface area contributed by atoms with Gasteiger partial charge in [-0.05, 0) is 12.8 Å². The summed E-state index contributed by atoms with van der Waals surface area (Å²) >= 11 is 0. The van der Waals surface area contributed by atoms with Crippen molar-refractivity contribution < 1.29 is 5.11 Å². The standard InChI is InChI=1S/C9H16N4O.2ClH/c10-8-3-1-2-4-9(8)13-5-7(6-14)11-12-13;;/h5,8-9,14H,1-4,6,10H2;2*1H/t8-,9+;;/m1../s1. The first-order chi connectivity index (χ1) is 6.81. The van der Waals surface area contributed by atoms with Crippen LogP contribution in [0.1, 0.15) is 37.4 Å². The molecule has 1 fully saturated rings. The molecule has 0 radical (unpaired) electrons. The van der Waals surface area contributed by atoms with Crippen molar-refractivity contribution in [2.24, 2.45) is 5.73 Å². The second-order valence-electron chi connectivity index (χ2n) is 3.86. The van der Waals surface area contributed by atoms with Gasteiger partial charge in [0.25, 0.3) is 0 Å². The third kappa shape index (κ3) is 3.31. The molecule has 0 unspecified atom stereocenters. The smallest absolute Gasteiger partial charge is 0.108 e. The summed E-state index contributed by atoms with van der Waals surface area (Å²) in [4.78, 5) is 0. The fourth-order valence-electron chi connectivity index (χ4n) is 2.02. The molecule has 2 atom stereocenters. The van der Waals surface area contributed by atoms with Crippen molar-refractivity contribution in [2.75, 3.05) is 0 Å². The summed E-state index contributed by atoms with van der Waals surface area (Å²) in [6, 6.07) is 0.438. The van der Waals surface area contributed by atoms with Crippen LogP contribution in [0, 0.1) is 0 Å². The summed E-state index contributed by atoms with van der Waals surface area (Å²) in [5.74, 6) is 0. The monoisotopic (exact) mass is 268 g/mol. The van der Waals surface area contributed by atoms with Gasteiger partial charge in [0.2, 0.25) is 0 Å². The van der Waals surface area contributed by atoms with Gasteiger partial charge in [-0.25, -0.2) is 4.68 Å². The highest BCUT2D eigenvalue weighted by molar-refractivity contribution is 5.85.